The van der Waals surface area contributed by atoms with Crippen LogP contribution in [0.5, 0.6) is 11.5 Å². The Balaban J connectivity index is 2.94. The summed E-state index contributed by atoms with van der Waals surface area (Å²) in [7, 11) is 3.29. The Kier molecular flexibility index (Phi) is 6.50. The Labute approximate surface area is 108 Å². The lowest BCUT2D eigenvalue weighted by Gasteiger charge is -2.14. The van der Waals surface area contributed by atoms with Crippen LogP contribution in [0.25, 0.3) is 0 Å². The van der Waals surface area contributed by atoms with E-state index in [0.29, 0.717) is 13.0 Å². The summed E-state index contributed by atoms with van der Waals surface area (Å²) >= 11 is 0. The number of nitrogens with two attached hydrogens (primary N) is 1. The quantitative estimate of drug-likeness (QED) is 0.726. The topological polar surface area (TPSA) is 44.5 Å². The summed E-state index contributed by atoms with van der Waals surface area (Å²) in [6.07, 6.45) is 2.94. The van der Waals surface area contributed by atoms with Crippen LogP contribution in [0.3, 0.4) is 0 Å². The molecule has 0 aliphatic rings. The van der Waals surface area contributed by atoms with Gasteiger partial charge in [-0.3, -0.25) is 4.39 Å². The summed E-state index contributed by atoms with van der Waals surface area (Å²) < 4.78 is 22.8. The highest BCUT2D eigenvalue weighted by atomic mass is 19.1. The monoisotopic (exact) mass is 255 g/mol. The zero-order chi connectivity index (χ0) is 13.4. The van der Waals surface area contributed by atoms with Crippen LogP contribution in [0.2, 0.25) is 0 Å². The number of rotatable bonds is 8. The summed E-state index contributed by atoms with van der Waals surface area (Å²) in [6, 6.07) is 3.94. The maximum Gasteiger partial charge on any atom is 0.122 e. The molecule has 3 nitrogen and oxygen atoms in total. The van der Waals surface area contributed by atoms with Crippen molar-refractivity contribution in [3.63, 3.8) is 0 Å². The van der Waals surface area contributed by atoms with Gasteiger partial charge >= 0.3 is 0 Å². The number of aryl methyl sites for hydroxylation is 1. The molecule has 0 spiro atoms. The van der Waals surface area contributed by atoms with Crippen LogP contribution in [0.4, 0.5) is 4.39 Å². The summed E-state index contributed by atoms with van der Waals surface area (Å²) in [6.45, 7) is 0.297. The summed E-state index contributed by atoms with van der Waals surface area (Å²) in [5, 5.41) is 0. The number of unbranched alkanes of at least 4 members (excludes halogenated alkanes) is 1. The molecule has 1 rings (SSSR count). The zero-order valence-electron chi connectivity index (χ0n) is 11.2. The second kappa shape index (κ2) is 7.93. The van der Waals surface area contributed by atoms with Gasteiger partial charge in [-0.2, -0.15) is 0 Å². The van der Waals surface area contributed by atoms with Gasteiger partial charge in [-0.05, 0) is 55.5 Å². The normalized spacial score (nSPS) is 10.4. The van der Waals surface area contributed by atoms with Gasteiger partial charge in [0.1, 0.15) is 11.5 Å². The SMILES string of the molecule is COc1cc(CCCCF)c(OC)cc1CCN. The van der Waals surface area contributed by atoms with E-state index in [0.717, 1.165) is 41.9 Å². The standard InChI is InChI=1S/C14H22FNO2/c1-17-13-10-12(6-8-16)14(18-2)9-11(13)5-3-4-7-15/h9-10H,3-8,16H2,1-2H3. The second-order valence-corrected chi connectivity index (χ2v) is 4.16. The molecule has 0 radical (unpaired) electrons. The molecule has 0 atom stereocenters. The van der Waals surface area contributed by atoms with Gasteiger partial charge < -0.3 is 15.2 Å². The Bertz CT molecular complexity index is 369. The first-order chi connectivity index (χ1) is 8.76. The average Bonchev–Trinajstić information content (AvgIpc) is 2.40. The number of hydrogen-bond donors (Lipinski definition) is 1. The lowest BCUT2D eigenvalue weighted by Crippen LogP contribution is -2.06. The largest absolute Gasteiger partial charge is 0.496 e. The van der Waals surface area contributed by atoms with Crippen LogP contribution >= 0.6 is 0 Å². The number of halogens is 1. The van der Waals surface area contributed by atoms with E-state index in [-0.39, 0.29) is 6.67 Å². The lowest BCUT2D eigenvalue weighted by molar-refractivity contribution is 0.393. The highest BCUT2D eigenvalue weighted by molar-refractivity contribution is 5.46. The molecular formula is C14H22FNO2. The van der Waals surface area contributed by atoms with E-state index in [1.54, 1.807) is 14.2 Å². The summed E-state index contributed by atoms with van der Waals surface area (Å²) in [5.74, 6) is 1.66. The zero-order valence-corrected chi connectivity index (χ0v) is 11.2. The van der Waals surface area contributed by atoms with Crippen LogP contribution in [-0.2, 0) is 12.8 Å². The molecule has 18 heavy (non-hydrogen) atoms. The maximum atomic E-state index is 12.1. The molecule has 4 heteroatoms. The predicted molar refractivity (Wildman–Crippen MR) is 71.2 cm³/mol. The fourth-order valence-electron chi connectivity index (χ4n) is 1.98. The van der Waals surface area contributed by atoms with Crippen molar-refractivity contribution in [2.75, 3.05) is 27.4 Å². The van der Waals surface area contributed by atoms with Gasteiger partial charge in [-0.25, -0.2) is 0 Å². The molecule has 0 saturated heterocycles. The van der Waals surface area contributed by atoms with E-state index < -0.39 is 0 Å². The molecule has 1 aromatic rings. The number of benzene rings is 1. The molecule has 0 amide bonds. The molecule has 0 aliphatic heterocycles. The number of hydrogen-bond acceptors (Lipinski definition) is 3. The molecule has 0 unspecified atom stereocenters. The molecule has 2 N–H and O–H groups in total. The van der Waals surface area contributed by atoms with Crippen LogP contribution in [0.1, 0.15) is 24.0 Å². The van der Waals surface area contributed by atoms with Crippen LogP contribution in [-0.4, -0.2) is 27.4 Å². The van der Waals surface area contributed by atoms with Crippen molar-refractivity contribution < 1.29 is 13.9 Å². The van der Waals surface area contributed by atoms with Gasteiger partial charge in [0.05, 0.1) is 20.9 Å². The van der Waals surface area contributed by atoms with Crippen molar-refractivity contribution >= 4 is 0 Å². The lowest BCUT2D eigenvalue weighted by atomic mass is 10.0. The minimum absolute atomic E-state index is 0.273. The number of methoxy groups -OCH3 is 2. The van der Waals surface area contributed by atoms with Crippen molar-refractivity contribution in [1.82, 2.24) is 0 Å². The van der Waals surface area contributed by atoms with Gasteiger partial charge in [0.15, 0.2) is 0 Å². The molecular weight excluding hydrogens is 233 g/mol. The van der Waals surface area contributed by atoms with Crippen LogP contribution < -0.4 is 15.2 Å². The average molecular weight is 255 g/mol. The first-order valence-electron chi connectivity index (χ1n) is 6.26. The number of alkyl halides is 1. The van der Waals surface area contributed by atoms with Crippen LogP contribution in [0, 0.1) is 0 Å². The molecule has 102 valence electrons. The fraction of sp³-hybridized carbons (Fsp3) is 0.571. The third-order valence-corrected chi connectivity index (χ3v) is 2.93. The van der Waals surface area contributed by atoms with E-state index in [2.05, 4.69) is 0 Å². The van der Waals surface area contributed by atoms with E-state index in [4.69, 9.17) is 15.2 Å². The van der Waals surface area contributed by atoms with Crippen molar-refractivity contribution in [1.29, 1.82) is 0 Å². The van der Waals surface area contributed by atoms with Crippen molar-refractivity contribution in [3.05, 3.63) is 23.3 Å². The van der Waals surface area contributed by atoms with Crippen molar-refractivity contribution in [3.8, 4) is 11.5 Å². The predicted octanol–water partition coefficient (Wildman–Crippen LogP) is 2.50. The molecule has 0 aliphatic carbocycles. The molecule has 0 saturated carbocycles. The van der Waals surface area contributed by atoms with Gasteiger partial charge in [-0.15, -0.1) is 0 Å². The minimum Gasteiger partial charge on any atom is -0.496 e. The van der Waals surface area contributed by atoms with Gasteiger partial charge in [0, 0.05) is 0 Å². The molecule has 0 aromatic heterocycles. The van der Waals surface area contributed by atoms with Crippen molar-refractivity contribution in [2.45, 2.75) is 25.7 Å². The molecule has 0 bridgehead atoms. The smallest absolute Gasteiger partial charge is 0.122 e. The first-order valence-corrected chi connectivity index (χ1v) is 6.26. The van der Waals surface area contributed by atoms with E-state index in [1.807, 2.05) is 12.1 Å². The van der Waals surface area contributed by atoms with Gasteiger partial charge in [0.25, 0.3) is 0 Å². The Morgan fingerprint density at radius 1 is 1.00 bits per heavy atom. The van der Waals surface area contributed by atoms with Gasteiger partial charge in [0.2, 0.25) is 0 Å². The van der Waals surface area contributed by atoms with E-state index >= 15 is 0 Å². The summed E-state index contributed by atoms with van der Waals surface area (Å²) in [4.78, 5) is 0. The highest BCUT2D eigenvalue weighted by Gasteiger charge is 2.10. The van der Waals surface area contributed by atoms with Crippen LogP contribution in [0.15, 0.2) is 12.1 Å². The third kappa shape index (κ3) is 3.88. The fourth-order valence-corrected chi connectivity index (χ4v) is 1.98. The first kappa shape index (κ1) is 14.8. The highest BCUT2D eigenvalue weighted by Crippen LogP contribution is 2.30. The third-order valence-electron chi connectivity index (χ3n) is 2.93. The second-order valence-electron chi connectivity index (χ2n) is 4.16. The molecule has 1 aromatic carbocycles. The number of ether oxygens (including phenoxy) is 2. The molecule has 0 heterocycles. The summed E-state index contributed by atoms with van der Waals surface area (Å²) in [5.41, 5.74) is 7.68. The van der Waals surface area contributed by atoms with E-state index in [9.17, 15) is 4.39 Å². The van der Waals surface area contributed by atoms with E-state index in [1.165, 1.54) is 0 Å². The minimum atomic E-state index is -0.273. The Hall–Kier alpha value is -1.29. The Morgan fingerprint density at radius 3 is 2.00 bits per heavy atom. The van der Waals surface area contributed by atoms with Gasteiger partial charge in [-0.1, -0.05) is 0 Å². The Morgan fingerprint density at radius 2 is 1.56 bits per heavy atom. The molecule has 0 fully saturated rings. The van der Waals surface area contributed by atoms with Crippen molar-refractivity contribution in [2.24, 2.45) is 5.73 Å². The maximum absolute atomic E-state index is 12.1.